The van der Waals surface area contributed by atoms with Crippen LogP contribution in [-0.2, 0) is 6.54 Å². The van der Waals surface area contributed by atoms with Crippen molar-refractivity contribution in [1.82, 2.24) is 9.38 Å². The maximum atomic E-state index is 11.1. The highest BCUT2D eigenvalue weighted by molar-refractivity contribution is 5.93. The van der Waals surface area contributed by atoms with Gasteiger partial charge >= 0.3 is 0 Å². The van der Waals surface area contributed by atoms with Gasteiger partial charge in [0.05, 0.1) is 12.2 Å². The maximum Gasteiger partial charge on any atom is 0.248 e. The summed E-state index contributed by atoms with van der Waals surface area (Å²) in [6.07, 6.45) is 3.93. The molecule has 1 amide bonds. The molecule has 0 aliphatic heterocycles. The van der Waals surface area contributed by atoms with Crippen molar-refractivity contribution in [3.8, 4) is 0 Å². The van der Waals surface area contributed by atoms with E-state index in [0.29, 0.717) is 12.1 Å². The quantitative estimate of drug-likeness (QED) is 0.759. The molecule has 1 aromatic carbocycles. The number of rotatable bonds is 4. The van der Waals surface area contributed by atoms with Crippen molar-refractivity contribution in [3.63, 3.8) is 0 Å². The first-order valence-corrected chi connectivity index (χ1v) is 6.29. The van der Waals surface area contributed by atoms with E-state index in [9.17, 15) is 4.79 Å². The zero-order chi connectivity index (χ0) is 13.9. The van der Waals surface area contributed by atoms with E-state index in [1.807, 2.05) is 41.1 Å². The molecular weight excluding hydrogens is 252 g/mol. The number of hydrogen-bond donors (Lipinski definition) is 2. The molecule has 0 aliphatic rings. The highest BCUT2D eigenvalue weighted by atomic mass is 16.1. The van der Waals surface area contributed by atoms with Crippen LogP contribution in [0.2, 0.25) is 0 Å². The Balaban J connectivity index is 1.75. The van der Waals surface area contributed by atoms with E-state index in [1.54, 1.807) is 18.2 Å². The molecule has 0 atom stereocenters. The van der Waals surface area contributed by atoms with Crippen molar-refractivity contribution >= 4 is 17.2 Å². The average Bonchev–Trinajstić information content (AvgIpc) is 2.88. The fourth-order valence-corrected chi connectivity index (χ4v) is 2.05. The van der Waals surface area contributed by atoms with Crippen LogP contribution in [0.3, 0.4) is 0 Å². The second-order valence-electron chi connectivity index (χ2n) is 4.50. The molecule has 0 radical (unpaired) electrons. The van der Waals surface area contributed by atoms with Crippen LogP contribution in [0.15, 0.2) is 54.9 Å². The van der Waals surface area contributed by atoms with Gasteiger partial charge in [0.2, 0.25) is 5.91 Å². The predicted octanol–water partition coefficient (Wildman–Crippen LogP) is 2.05. The van der Waals surface area contributed by atoms with Crippen molar-refractivity contribution in [1.29, 1.82) is 0 Å². The Morgan fingerprint density at radius 1 is 1.25 bits per heavy atom. The first-order chi connectivity index (χ1) is 9.72. The molecule has 2 heterocycles. The molecule has 5 heteroatoms. The highest BCUT2D eigenvalue weighted by Crippen LogP contribution is 2.12. The number of carbonyl (C=O) groups excluding carboxylic acids is 1. The first kappa shape index (κ1) is 12.2. The number of benzene rings is 1. The Kier molecular flexibility index (Phi) is 3.09. The van der Waals surface area contributed by atoms with Crippen molar-refractivity contribution in [2.24, 2.45) is 5.73 Å². The SMILES string of the molecule is NC(=O)c1cccc(NCc2cn3ccccc3n2)c1. The van der Waals surface area contributed by atoms with Crippen LogP contribution in [0, 0.1) is 0 Å². The number of nitrogens with two attached hydrogens (primary N) is 1. The van der Waals surface area contributed by atoms with Crippen molar-refractivity contribution < 1.29 is 4.79 Å². The monoisotopic (exact) mass is 266 g/mol. The van der Waals surface area contributed by atoms with Crippen LogP contribution >= 0.6 is 0 Å². The molecular formula is C15H14N4O. The van der Waals surface area contributed by atoms with Crippen molar-refractivity contribution in [2.45, 2.75) is 6.54 Å². The number of pyridine rings is 1. The maximum absolute atomic E-state index is 11.1. The van der Waals surface area contributed by atoms with Gasteiger partial charge in [-0.25, -0.2) is 4.98 Å². The lowest BCUT2D eigenvalue weighted by Gasteiger charge is -2.05. The molecule has 3 rings (SSSR count). The summed E-state index contributed by atoms with van der Waals surface area (Å²) in [6, 6.07) is 13.0. The zero-order valence-corrected chi connectivity index (χ0v) is 10.8. The van der Waals surface area contributed by atoms with Gasteiger partial charge in [-0.3, -0.25) is 4.79 Å². The van der Waals surface area contributed by atoms with E-state index in [-0.39, 0.29) is 0 Å². The lowest BCUT2D eigenvalue weighted by atomic mass is 10.2. The minimum Gasteiger partial charge on any atom is -0.379 e. The lowest BCUT2D eigenvalue weighted by molar-refractivity contribution is 0.100. The number of primary amides is 1. The summed E-state index contributed by atoms with van der Waals surface area (Å²) < 4.78 is 1.97. The molecule has 0 aliphatic carbocycles. The van der Waals surface area contributed by atoms with Gasteiger partial charge in [0.15, 0.2) is 0 Å². The molecule has 0 spiro atoms. The average molecular weight is 266 g/mol. The van der Waals surface area contributed by atoms with Crippen LogP contribution in [-0.4, -0.2) is 15.3 Å². The van der Waals surface area contributed by atoms with E-state index < -0.39 is 5.91 Å². The second kappa shape index (κ2) is 5.05. The second-order valence-corrected chi connectivity index (χ2v) is 4.50. The molecule has 0 saturated carbocycles. The number of fused-ring (bicyclic) bond motifs is 1. The van der Waals surface area contributed by atoms with Gasteiger partial charge in [0.1, 0.15) is 5.65 Å². The number of anilines is 1. The summed E-state index contributed by atoms with van der Waals surface area (Å²) in [5.74, 6) is -0.429. The van der Waals surface area contributed by atoms with E-state index in [1.165, 1.54) is 0 Å². The van der Waals surface area contributed by atoms with Crippen LogP contribution in [0.5, 0.6) is 0 Å². The minimum absolute atomic E-state index is 0.429. The third kappa shape index (κ3) is 2.47. The Morgan fingerprint density at radius 2 is 2.15 bits per heavy atom. The van der Waals surface area contributed by atoms with Crippen LogP contribution in [0.1, 0.15) is 16.1 Å². The number of nitrogens with one attached hydrogen (secondary N) is 1. The zero-order valence-electron chi connectivity index (χ0n) is 10.8. The van der Waals surface area contributed by atoms with Crippen molar-refractivity contribution in [2.75, 3.05) is 5.32 Å². The fraction of sp³-hybridized carbons (Fsp3) is 0.0667. The topological polar surface area (TPSA) is 72.4 Å². The third-order valence-electron chi connectivity index (χ3n) is 3.03. The Labute approximate surface area is 116 Å². The molecule has 3 N–H and O–H groups in total. The number of imidazole rings is 1. The van der Waals surface area contributed by atoms with Gasteiger partial charge in [0.25, 0.3) is 0 Å². The number of aromatic nitrogens is 2. The first-order valence-electron chi connectivity index (χ1n) is 6.29. The predicted molar refractivity (Wildman–Crippen MR) is 77.5 cm³/mol. The summed E-state index contributed by atoms with van der Waals surface area (Å²) in [5, 5.41) is 3.23. The van der Waals surface area contributed by atoms with Crippen LogP contribution in [0.25, 0.3) is 5.65 Å². The Morgan fingerprint density at radius 3 is 2.95 bits per heavy atom. The third-order valence-corrected chi connectivity index (χ3v) is 3.03. The molecule has 100 valence electrons. The number of nitrogens with zero attached hydrogens (tertiary/aromatic N) is 2. The van der Waals surface area contributed by atoms with E-state index in [4.69, 9.17) is 5.73 Å². The molecule has 2 aromatic heterocycles. The summed E-state index contributed by atoms with van der Waals surface area (Å²) in [6.45, 7) is 0.587. The Bertz CT molecular complexity index is 730. The number of carbonyl (C=O) groups is 1. The molecule has 20 heavy (non-hydrogen) atoms. The largest absolute Gasteiger partial charge is 0.379 e. The molecule has 0 unspecified atom stereocenters. The van der Waals surface area contributed by atoms with Crippen LogP contribution in [0.4, 0.5) is 5.69 Å². The minimum atomic E-state index is -0.429. The summed E-state index contributed by atoms with van der Waals surface area (Å²) >= 11 is 0. The normalized spacial score (nSPS) is 10.6. The number of amides is 1. The van der Waals surface area contributed by atoms with Gasteiger partial charge in [-0.2, -0.15) is 0 Å². The van der Waals surface area contributed by atoms with E-state index in [2.05, 4.69) is 10.3 Å². The lowest BCUT2D eigenvalue weighted by Crippen LogP contribution is -2.11. The van der Waals surface area contributed by atoms with Crippen molar-refractivity contribution in [3.05, 3.63) is 66.1 Å². The van der Waals surface area contributed by atoms with Gasteiger partial charge in [-0.05, 0) is 30.3 Å². The molecule has 0 fully saturated rings. The fourth-order valence-electron chi connectivity index (χ4n) is 2.05. The molecule has 0 bridgehead atoms. The smallest absolute Gasteiger partial charge is 0.248 e. The summed E-state index contributed by atoms with van der Waals surface area (Å²) in [5.41, 5.74) is 8.44. The van der Waals surface area contributed by atoms with Crippen LogP contribution < -0.4 is 11.1 Å². The number of hydrogen-bond acceptors (Lipinski definition) is 3. The molecule has 0 saturated heterocycles. The Hall–Kier alpha value is -2.82. The molecule has 5 nitrogen and oxygen atoms in total. The highest BCUT2D eigenvalue weighted by Gasteiger charge is 2.03. The summed E-state index contributed by atoms with van der Waals surface area (Å²) in [7, 11) is 0. The molecule has 3 aromatic rings. The standard InChI is InChI=1S/C15H14N4O/c16-15(20)11-4-3-5-12(8-11)17-9-13-10-19-7-2-1-6-14(19)18-13/h1-8,10,17H,9H2,(H2,16,20). The van der Waals surface area contributed by atoms with E-state index in [0.717, 1.165) is 17.0 Å². The van der Waals surface area contributed by atoms with Gasteiger partial charge in [0, 0.05) is 23.6 Å². The van der Waals surface area contributed by atoms with Gasteiger partial charge < -0.3 is 15.5 Å². The summed E-state index contributed by atoms with van der Waals surface area (Å²) in [4.78, 5) is 15.6. The van der Waals surface area contributed by atoms with Gasteiger partial charge in [-0.1, -0.05) is 12.1 Å². The van der Waals surface area contributed by atoms with E-state index >= 15 is 0 Å². The van der Waals surface area contributed by atoms with Gasteiger partial charge in [-0.15, -0.1) is 0 Å².